The van der Waals surface area contributed by atoms with Gasteiger partial charge in [-0.3, -0.25) is 9.69 Å². The van der Waals surface area contributed by atoms with Gasteiger partial charge in [-0.2, -0.15) is 0 Å². The van der Waals surface area contributed by atoms with Gasteiger partial charge in [-0.25, -0.2) is 9.97 Å². The molecule has 2 aromatic carbocycles. The second-order valence-corrected chi connectivity index (χ2v) is 9.51. The van der Waals surface area contributed by atoms with Gasteiger partial charge in [-0.1, -0.05) is 41.4 Å². The third kappa shape index (κ3) is 5.45. The van der Waals surface area contributed by atoms with Gasteiger partial charge in [0.15, 0.2) is 12.3 Å². The molecule has 1 aliphatic rings. The fourth-order valence-electron chi connectivity index (χ4n) is 4.51. The lowest BCUT2D eigenvalue weighted by Crippen LogP contribution is -2.26. The van der Waals surface area contributed by atoms with Gasteiger partial charge in [0.05, 0.1) is 16.9 Å². The molecule has 186 valence electrons. The molecule has 3 N–H and O–H groups in total. The Hall–Kier alpha value is -3.62. The SMILES string of the molecule is CNC(=O)COc1ccc(-c2nc3ncc(Cl)c(N[C@H]4CCN(Cc5cccc(C)c5)C4)c3[nH]2)cc1. The van der Waals surface area contributed by atoms with Crippen molar-refractivity contribution in [3.63, 3.8) is 0 Å². The number of H-pyrrole nitrogens is 1. The summed E-state index contributed by atoms with van der Waals surface area (Å²) in [6.45, 7) is 5.01. The molecular formula is C27H29ClN6O2. The molecule has 5 rings (SSSR count). The Labute approximate surface area is 215 Å². The summed E-state index contributed by atoms with van der Waals surface area (Å²) in [6, 6.07) is 16.4. The Kier molecular flexibility index (Phi) is 7.06. The van der Waals surface area contributed by atoms with E-state index in [1.165, 1.54) is 11.1 Å². The number of rotatable bonds is 8. The van der Waals surface area contributed by atoms with Crippen LogP contribution < -0.4 is 15.4 Å². The van der Waals surface area contributed by atoms with Crippen LogP contribution in [-0.4, -0.2) is 58.5 Å². The van der Waals surface area contributed by atoms with Gasteiger partial charge in [-0.05, 0) is 43.2 Å². The number of likely N-dealkylation sites (N-methyl/N-ethyl adjacent to an activating group) is 1. The molecule has 1 atom stereocenters. The highest BCUT2D eigenvalue weighted by Crippen LogP contribution is 2.32. The highest BCUT2D eigenvalue weighted by atomic mass is 35.5. The van der Waals surface area contributed by atoms with Crippen LogP contribution in [0.3, 0.4) is 0 Å². The first-order valence-electron chi connectivity index (χ1n) is 12.0. The standard InChI is InChI=1S/C27H29ClN6O2/c1-17-4-3-5-18(12-17)14-34-11-10-20(15-34)31-24-22(28)13-30-27-25(24)32-26(33-27)19-6-8-21(9-7-19)36-16-23(35)29-2/h3-9,12-13,20H,10-11,14-16H2,1-2H3,(H,29,35)(H2,30,31,32,33)/t20-/m0/s1. The molecule has 0 saturated carbocycles. The number of carbonyl (C=O) groups excluding carboxylic acids is 1. The van der Waals surface area contributed by atoms with Crippen molar-refractivity contribution in [3.8, 4) is 17.1 Å². The molecule has 1 aliphatic heterocycles. The lowest BCUT2D eigenvalue weighted by molar-refractivity contribution is -0.122. The average molecular weight is 505 g/mol. The molecule has 8 nitrogen and oxygen atoms in total. The van der Waals surface area contributed by atoms with E-state index in [2.05, 4.69) is 61.7 Å². The topological polar surface area (TPSA) is 95.2 Å². The largest absolute Gasteiger partial charge is 0.484 e. The van der Waals surface area contributed by atoms with Crippen molar-refractivity contribution in [2.24, 2.45) is 0 Å². The smallest absolute Gasteiger partial charge is 0.257 e. The number of hydrogen-bond donors (Lipinski definition) is 3. The quantitative estimate of drug-likeness (QED) is 0.329. The zero-order chi connectivity index (χ0) is 25.1. The Morgan fingerprint density at radius 3 is 2.86 bits per heavy atom. The molecule has 1 saturated heterocycles. The van der Waals surface area contributed by atoms with Crippen LogP contribution in [-0.2, 0) is 11.3 Å². The van der Waals surface area contributed by atoms with E-state index in [0.29, 0.717) is 22.2 Å². The number of anilines is 1. The second kappa shape index (κ2) is 10.6. The summed E-state index contributed by atoms with van der Waals surface area (Å²) >= 11 is 6.58. The van der Waals surface area contributed by atoms with Crippen LogP contribution in [0.4, 0.5) is 5.69 Å². The number of amides is 1. The van der Waals surface area contributed by atoms with Crippen LogP contribution in [0.15, 0.2) is 54.7 Å². The maximum absolute atomic E-state index is 11.4. The first-order chi connectivity index (χ1) is 17.5. The minimum absolute atomic E-state index is 0.0263. The van der Waals surface area contributed by atoms with E-state index in [1.54, 1.807) is 13.2 Å². The van der Waals surface area contributed by atoms with Gasteiger partial charge in [0.25, 0.3) is 5.91 Å². The van der Waals surface area contributed by atoms with Gasteiger partial charge < -0.3 is 20.4 Å². The van der Waals surface area contributed by atoms with Crippen LogP contribution in [0.5, 0.6) is 5.75 Å². The van der Waals surface area contributed by atoms with Crippen LogP contribution >= 0.6 is 11.6 Å². The Balaban J connectivity index is 1.29. The third-order valence-electron chi connectivity index (χ3n) is 6.36. The molecule has 36 heavy (non-hydrogen) atoms. The van der Waals surface area contributed by atoms with Crippen molar-refractivity contribution in [2.45, 2.75) is 25.9 Å². The molecule has 0 bridgehead atoms. The molecule has 0 unspecified atom stereocenters. The molecule has 2 aromatic heterocycles. The van der Waals surface area contributed by atoms with Gasteiger partial charge in [0, 0.05) is 38.3 Å². The minimum atomic E-state index is -0.181. The van der Waals surface area contributed by atoms with Crippen molar-refractivity contribution in [3.05, 3.63) is 70.9 Å². The maximum Gasteiger partial charge on any atom is 0.257 e. The Bertz CT molecular complexity index is 1370. The number of imidazole rings is 1. The highest BCUT2D eigenvalue weighted by Gasteiger charge is 2.24. The predicted octanol–water partition coefficient (Wildman–Crippen LogP) is 4.40. The molecule has 1 fully saturated rings. The normalized spacial score (nSPS) is 15.8. The minimum Gasteiger partial charge on any atom is -0.484 e. The maximum atomic E-state index is 11.4. The Morgan fingerprint density at radius 1 is 1.25 bits per heavy atom. The number of likely N-dealkylation sites (tertiary alicyclic amines) is 1. The van der Waals surface area contributed by atoms with Crippen LogP contribution in [0.1, 0.15) is 17.5 Å². The monoisotopic (exact) mass is 504 g/mol. The summed E-state index contributed by atoms with van der Waals surface area (Å²) < 4.78 is 5.48. The highest BCUT2D eigenvalue weighted by molar-refractivity contribution is 6.34. The van der Waals surface area contributed by atoms with E-state index in [-0.39, 0.29) is 18.6 Å². The van der Waals surface area contributed by atoms with Crippen LogP contribution in [0, 0.1) is 6.92 Å². The molecule has 3 heterocycles. The molecule has 0 aliphatic carbocycles. The summed E-state index contributed by atoms with van der Waals surface area (Å²) in [4.78, 5) is 26.3. The number of hydrogen-bond acceptors (Lipinski definition) is 6. The van der Waals surface area contributed by atoms with Crippen molar-refractivity contribution in [2.75, 3.05) is 32.1 Å². The van der Waals surface area contributed by atoms with E-state index < -0.39 is 0 Å². The third-order valence-corrected chi connectivity index (χ3v) is 6.65. The predicted molar refractivity (Wildman–Crippen MR) is 142 cm³/mol. The van der Waals surface area contributed by atoms with Crippen molar-refractivity contribution in [1.82, 2.24) is 25.2 Å². The number of halogens is 1. The zero-order valence-corrected chi connectivity index (χ0v) is 21.1. The number of carbonyl (C=O) groups is 1. The van der Waals surface area contributed by atoms with Gasteiger partial charge in [0.1, 0.15) is 17.1 Å². The number of fused-ring (bicyclic) bond motifs is 1. The average Bonchev–Trinajstić information content (AvgIpc) is 3.51. The number of aryl methyl sites for hydroxylation is 1. The van der Waals surface area contributed by atoms with Crippen LogP contribution in [0.25, 0.3) is 22.6 Å². The van der Waals surface area contributed by atoms with E-state index in [4.69, 9.17) is 16.3 Å². The number of benzene rings is 2. The lowest BCUT2D eigenvalue weighted by atomic mass is 10.1. The fraction of sp³-hybridized carbons (Fsp3) is 0.296. The van der Waals surface area contributed by atoms with E-state index >= 15 is 0 Å². The number of ether oxygens (including phenoxy) is 1. The number of nitrogens with zero attached hydrogens (tertiary/aromatic N) is 3. The summed E-state index contributed by atoms with van der Waals surface area (Å²) in [5, 5.41) is 6.74. The van der Waals surface area contributed by atoms with E-state index in [1.807, 2.05) is 24.3 Å². The van der Waals surface area contributed by atoms with Crippen LogP contribution in [0.2, 0.25) is 5.02 Å². The molecule has 9 heteroatoms. The number of pyridine rings is 1. The summed E-state index contributed by atoms with van der Waals surface area (Å²) in [5.41, 5.74) is 5.72. The summed E-state index contributed by atoms with van der Waals surface area (Å²) in [6.07, 6.45) is 2.68. The van der Waals surface area contributed by atoms with E-state index in [0.717, 1.165) is 42.8 Å². The van der Waals surface area contributed by atoms with Crippen molar-refractivity contribution in [1.29, 1.82) is 0 Å². The molecule has 0 spiro atoms. The number of aromatic amines is 1. The second-order valence-electron chi connectivity index (χ2n) is 9.11. The first-order valence-corrected chi connectivity index (χ1v) is 12.4. The molecule has 1 amide bonds. The van der Waals surface area contributed by atoms with E-state index in [9.17, 15) is 4.79 Å². The lowest BCUT2D eigenvalue weighted by Gasteiger charge is -2.18. The summed E-state index contributed by atoms with van der Waals surface area (Å²) in [7, 11) is 1.58. The summed E-state index contributed by atoms with van der Waals surface area (Å²) in [5.74, 6) is 1.12. The van der Waals surface area contributed by atoms with Gasteiger partial charge in [0.2, 0.25) is 0 Å². The van der Waals surface area contributed by atoms with Gasteiger partial charge >= 0.3 is 0 Å². The molecule has 0 radical (unpaired) electrons. The Morgan fingerprint density at radius 2 is 2.08 bits per heavy atom. The fourth-order valence-corrected chi connectivity index (χ4v) is 4.71. The van der Waals surface area contributed by atoms with Gasteiger partial charge in [-0.15, -0.1) is 0 Å². The van der Waals surface area contributed by atoms with Crippen molar-refractivity contribution >= 4 is 34.4 Å². The number of aromatic nitrogens is 3. The zero-order valence-electron chi connectivity index (χ0n) is 20.3. The number of nitrogens with one attached hydrogen (secondary N) is 3. The van der Waals surface area contributed by atoms with Crippen molar-refractivity contribution < 1.29 is 9.53 Å². The molecular weight excluding hydrogens is 476 g/mol. The first kappa shape index (κ1) is 24.1. The molecule has 4 aromatic rings.